The first-order valence-corrected chi connectivity index (χ1v) is 10.9. The number of hydrogen-bond donors (Lipinski definition) is 2. The van der Waals surface area contributed by atoms with Gasteiger partial charge in [-0.2, -0.15) is 0 Å². The first-order chi connectivity index (χ1) is 14.3. The molecular weight excluding hydrogens is 372 g/mol. The summed E-state index contributed by atoms with van der Waals surface area (Å²) in [5.41, 5.74) is 9.98. The minimum Gasteiger partial charge on any atom is -0.444 e. The average molecular weight is 409 g/mol. The fourth-order valence-corrected chi connectivity index (χ4v) is 3.21. The molecule has 0 bridgehead atoms. The Balaban J connectivity index is 1.58. The number of nitrogens with one attached hydrogen (secondary N) is 1. The van der Waals surface area contributed by atoms with E-state index in [0.29, 0.717) is 6.54 Å². The summed E-state index contributed by atoms with van der Waals surface area (Å²) in [6, 6.07) is 16.5. The lowest BCUT2D eigenvalue weighted by molar-refractivity contribution is 0.0527. The van der Waals surface area contributed by atoms with Crippen molar-refractivity contribution >= 4 is 17.9 Å². The topological polar surface area (TPSA) is 64.3 Å². The van der Waals surface area contributed by atoms with Gasteiger partial charge in [-0.1, -0.05) is 73.9 Å². The highest BCUT2D eigenvalue weighted by atomic mass is 16.6. The smallest absolute Gasteiger partial charge is 0.407 e. The van der Waals surface area contributed by atoms with Crippen LogP contribution in [-0.2, 0) is 4.74 Å². The number of benzene rings is 2. The highest BCUT2D eigenvalue weighted by Crippen LogP contribution is 2.27. The van der Waals surface area contributed by atoms with E-state index in [1.54, 1.807) is 0 Å². The van der Waals surface area contributed by atoms with Crippen molar-refractivity contribution in [2.24, 2.45) is 0 Å². The summed E-state index contributed by atoms with van der Waals surface area (Å²) in [5.74, 6) is 0. The van der Waals surface area contributed by atoms with Crippen LogP contribution < -0.4 is 11.1 Å². The van der Waals surface area contributed by atoms with Crippen molar-refractivity contribution in [3.05, 3.63) is 60.2 Å². The van der Waals surface area contributed by atoms with Crippen molar-refractivity contribution in [2.75, 3.05) is 12.3 Å². The van der Waals surface area contributed by atoms with Gasteiger partial charge in [0.15, 0.2) is 0 Å². The van der Waals surface area contributed by atoms with Crippen molar-refractivity contribution in [3.63, 3.8) is 0 Å². The van der Waals surface area contributed by atoms with Gasteiger partial charge in [0.2, 0.25) is 0 Å². The number of amides is 1. The van der Waals surface area contributed by atoms with Gasteiger partial charge in [-0.3, -0.25) is 0 Å². The third-order valence-electron chi connectivity index (χ3n) is 4.69. The van der Waals surface area contributed by atoms with Gasteiger partial charge in [0, 0.05) is 17.8 Å². The lowest BCUT2D eigenvalue weighted by atomic mass is 10.0. The lowest BCUT2D eigenvalue weighted by Gasteiger charge is -2.19. The van der Waals surface area contributed by atoms with Crippen molar-refractivity contribution in [1.82, 2.24) is 5.32 Å². The number of nitrogen functional groups attached to an aromatic ring is 1. The van der Waals surface area contributed by atoms with E-state index in [1.165, 1.54) is 19.3 Å². The van der Waals surface area contributed by atoms with Gasteiger partial charge in [0.1, 0.15) is 5.60 Å². The first-order valence-electron chi connectivity index (χ1n) is 10.9. The average Bonchev–Trinajstić information content (AvgIpc) is 2.69. The zero-order valence-electron chi connectivity index (χ0n) is 18.6. The molecule has 0 saturated carbocycles. The molecule has 3 N–H and O–H groups in total. The van der Waals surface area contributed by atoms with E-state index in [9.17, 15) is 4.79 Å². The van der Waals surface area contributed by atoms with E-state index in [2.05, 4.69) is 41.7 Å². The summed E-state index contributed by atoms with van der Waals surface area (Å²) in [7, 11) is 0. The van der Waals surface area contributed by atoms with Crippen LogP contribution in [0.2, 0.25) is 0 Å². The monoisotopic (exact) mass is 408 g/mol. The predicted molar refractivity (Wildman–Crippen MR) is 127 cm³/mol. The summed E-state index contributed by atoms with van der Waals surface area (Å²) >= 11 is 0. The van der Waals surface area contributed by atoms with Gasteiger partial charge in [0.05, 0.1) is 0 Å². The summed E-state index contributed by atoms with van der Waals surface area (Å²) in [5, 5.41) is 2.80. The quantitative estimate of drug-likeness (QED) is 0.335. The molecule has 0 heterocycles. The largest absolute Gasteiger partial charge is 0.444 e. The second-order valence-electron chi connectivity index (χ2n) is 8.60. The van der Waals surface area contributed by atoms with Crippen LogP contribution in [0.15, 0.2) is 54.6 Å². The van der Waals surface area contributed by atoms with Crippen LogP contribution in [0, 0.1) is 0 Å². The van der Waals surface area contributed by atoms with Gasteiger partial charge < -0.3 is 15.8 Å². The Morgan fingerprint density at radius 2 is 1.70 bits per heavy atom. The van der Waals surface area contributed by atoms with E-state index in [0.717, 1.165) is 41.6 Å². The Morgan fingerprint density at radius 3 is 2.40 bits per heavy atom. The summed E-state index contributed by atoms with van der Waals surface area (Å²) < 4.78 is 5.22. The number of allylic oxidation sites excluding steroid dienone is 1. The maximum atomic E-state index is 11.5. The lowest BCUT2D eigenvalue weighted by Crippen LogP contribution is -2.32. The summed E-state index contributed by atoms with van der Waals surface area (Å²) in [4.78, 5) is 11.5. The molecule has 1 amide bonds. The van der Waals surface area contributed by atoms with Gasteiger partial charge in [-0.05, 0) is 57.2 Å². The number of ether oxygens (including phenoxy) is 1. The highest BCUT2D eigenvalue weighted by molar-refractivity contribution is 5.78. The minimum absolute atomic E-state index is 0.329. The molecule has 2 aromatic carbocycles. The van der Waals surface area contributed by atoms with Crippen LogP contribution in [0.4, 0.5) is 10.5 Å². The standard InChI is InChI=1S/C26H36N2O2/c1-26(2,3)30-25(29)28-19-13-8-6-4-5-7-10-14-21-17-18-23(24(27)20-21)22-15-11-9-12-16-22/h9-12,14-18,20H,4-8,13,19,27H2,1-3H3,(H,28,29)/b14-10+. The van der Waals surface area contributed by atoms with Crippen LogP contribution in [0.25, 0.3) is 17.2 Å². The highest BCUT2D eigenvalue weighted by Gasteiger charge is 2.15. The Kier molecular flexibility index (Phi) is 9.46. The number of carbonyl (C=O) groups excluding carboxylic acids is 1. The molecule has 0 aliphatic carbocycles. The molecule has 162 valence electrons. The Morgan fingerprint density at radius 1 is 1.00 bits per heavy atom. The Labute approximate surface area is 181 Å². The van der Waals surface area contributed by atoms with E-state index < -0.39 is 5.60 Å². The van der Waals surface area contributed by atoms with Gasteiger partial charge >= 0.3 is 6.09 Å². The Bertz CT molecular complexity index is 808. The molecule has 0 fully saturated rings. The molecule has 0 aliphatic rings. The van der Waals surface area contributed by atoms with Crippen molar-refractivity contribution < 1.29 is 9.53 Å². The third-order valence-corrected chi connectivity index (χ3v) is 4.69. The zero-order chi connectivity index (χ0) is 21.8. The molecule has 2 aromatic rings. The molecule has 4 heteroatoms. The predicted octanol–water partition coefficient (Wildman–Crippen LogP) is 6.81. The summed E-state index contributed by atoms with van der Waals surface area (Å²) in [6.45, 7) is 6.29. The third kappa shape index (κ3) is 9.17. The van der Waals surface area contributed by atoms with Crippen LogP contribution in [0.1, 0.15) is 64.9 Å². The number of rotatable bonds is 10. The molecule has 2 rings (SSSR count). The SMILES string of the molecule is CC(C)(C)OC(=O)NCCCCCCC/C=C/c1ccc(-c2ccccc2)c(N)c1. The Hall–Kier alpha value is -2.75. The number of carbonyl (C=O) groups is 1. The number of alkyl carbamates (subject to hydrolysis) is 1. The van der Waals surface area contributed by atoms with Crippen LogP contribution in [-0.4, -0.2) is 18.2 Å². The minimum atomic E-state index is -0.437. The van der Waals surface area contributed by atoms with Crippen molar-refractivity contribution in [1.29, 1.82) is 0 Å². The fraction of sp³-hybridized carbons (Fsp3) is 0.423. The van der Waals surface area contributed by atoms with Gasteiger partial charge in [0.25, 0.3) is 0 Å². The van der Waals surface area contributed by atoms with E-state index in [-0.39, 0.29) is 6.09 Å². The molecule has 0 unspecified atom stereocenters. The normalized spacial score (nSPS) is 11.6. The maximum Gasteiger partial charge on any atom is 0.407 e. The van der Waals surface area contributed by atoms with Crippen LogP contribution in [0.3, 0.4) is 0 Å². The van der Waals surface area contributed by atoms with Crippen LogP contribution in [0.5, 0.6) is 0 Å². The second kappa shape index (κ2) is 12.1. The number of unbranched alkanes of at least 4 members (excludes halogenated alkanes) is 5. The number of nitrogens with two attached hydrogens (primary N) is 1. The molecule has 0 radical (unpaired) electrons. The van der Waals surface area contributed by atoms with E-state index >= 15 is 0 Å². The molecule has 0 atom stereocenters. The van der Waals surface area contributed by atoms with E-state index in [4.69, 9.17) is 10.5 Å². The van der Waals surface area contributed by atoms with Crippen molar-refractivity contribution in [3.8, 4) is 11.1 Å². The molecular formula is C26H36N2O2. The second-order valence-corrected chi connectivity index (χ2v) is 8.60. The molecule has 4 nitrogen and oxygen atoms in total. The van der Waals surface area contributed by atoms with Gasteiger partial charge in [-0.15, -0.1) is 0 Å². The number of hydrogen-bond acceptors (Lipinski definition) is 3. The molecule has 0 aliphatic heterocycles. The molecule has 0 spiro atoms. The molecule has 0 saturated heterocycles. The van der Waals surface area contributed by atoms with E-state index in [1.807, 2.05) is 45.0 Å². The molecule has 0 aromatic heterocycles. The fourth-order valence-electron chi connectivity index (χ4n) is 3.21. The maximum absolute atomic E-state index is 11.5. The van der Waals surface area contributed by atoms with Crippen LogP contribution >= 0.6 is 0 Å². The van der Waals surface area contributed by atoms with Gasteiger partial charge in [-0.25, -0.2) is 4.79 Å². The zero-order valence-corrected chi connectivity index (χ0v) is 18.6. The molecule has 30 heavy (non-hydrogen) atoms. The van der Waals surface area contributed by atoms with Crippen molar-refractivity contribution in [2.45, 2.75) is 64.9 Å². The number of anilines is 1. The first kappa shape index (κ1) is 23.5. The summed E-state index contributed by atoms with van der Waals surface area (Å²) in [6.07, 6.45) is 10.8.